The Kier molecular flexibility index (Phi) is 3.65. The minimum absolute atomic E-state index is 0.153. The van der Waals surface area contributed by atoms with E-state index in [0.29, 0.717) is 0 Å². The molecule has 0 unspecified atom stereocenters. The predicted molar refractivity (Wildman–Crippen MR) is 146 cm³/mol. The minimum Gasteiger partial charge on any atom is -0.375 e. The lowest BCUT2D eigenvalue weighted by Gasteiger charge is -2.45. The molecule has 0 fully saturated rings. The largest absolute Gasteiger partial charge is 0.375 e. The van der Waals surface area contributed by atoms with Gasteiger partial charge in [0.05, 0.1) is 0 Å². The van der Waals surface area contributed by atoms with Crippen LogP contribution in [0.15, 0.2) is 103 Å². The first kappa shape index (κ1) is 18.4. The van der Waals surface area contributed by atoms with Gasteiger partial charge in [-0.05, 0) is 45.8 Å². The van der Waals surface area contributed by atoms with Crippen LogP contribution in [0.3, 0.4) is 0 Å². The van der Waals surface area contributed by atoms with Gasteiger partial charge in [0.15, 0.2) is 0 Å². The standard InChI is InChI=1S/C32H22BN/c1-3-11-23-21(9-1)17-19-27-25-13-5-7-15-29(25)33-30-16-8-6-14-26(30)28-20-18-22-10-2-4-12-24(22)32(28)34(33)31(23)27/h1,3-9,11-20H,2,10H2. The summed E-state index contributed by atoms with van der Waals surface area (Å²) >= 11 is 0. The lowest BCUT2D eigenvalue weighted by Crippen LogP contribution is -2.60. The first-order chi connectivity index (χ1) is 16.9. The molecule has 34 heavy (non-hydrogen) atoms. The molecule has 2 heteroatoms. The number of aryl methyl sites for hydroxylation is 1. The monoisotopic (exact) mass is 431 g/mol. The van der Waals surface area contributed by atoms with Crippen LogP contribution in [-0.4, -0.2) is 6.85 Å². The number of anilines is 2. The van der Waals surface area contributed by atoms with Crippen molar-refractivity contribution < 1.29 is 0 Å². The molecule has 0 spiro atoms. The second kappa shape index (κ2) is 6.74. The number of benzene rings is 5. The molecule has 2 heterocycles. The van der Waals surface area contributed by atoms with Gasteiger partial charge in [-0.3, -0.25) is 0 Å². The van der Waals surface area contributed by atoms with Crippen molar-refractivity contribution in [1.82, 2.24) is 0 Å². The molecule has 0 saturated heterocycles. The van der Waals surface area contributed by atoms with Crippen LogP contribution < -0.4 is 15.7 Å². The molecule has 2 aliphatic heterocycles. The molecule has 158 valence electrons. The van der Waals surface area contributed by atoms with Crippen LogP contribution in [0.25, 0.3) is 39.1 Å². The van der Waals surface area contributed by atoms with E-state index in [4.69, 9.17) is 0 Å². The van der Waals surface area contributed by atoms with Gasteiger partial charge < -0.3 is 4.81 Å². The van der Waals surface area contributed by atoms with Gasteiger partial charge in [0.25, 0.3) is 0 Å². The smallest absolute Gasteiger partial charge is 0.329 e. The maximum absolute atomic E-state index is 2.67. The minimum atomic E-state index is 0.153. The molecule has 3 aliphatic rings. The van der Waals surface area contributed by atoms with Crippen LogP contribution in [0.4, 0.5) is 11.4 Å². The molecule has 0 aromatic heterocycles. The summed E-state index contributed by atoms with van der Waals surface area (Å²) in [6, 6.07) is 36.2. The van der Waals surface area contributed by atoms with Crippen LogP contribution in [-0.2, 0) is 6.42 Å². The van der Waals surface area contributed by atoms with Crippen molar-refractivity contribution in [2.75, 3.05) is 4.81 Å². The summed E-state index contributed by atoms with van der Waals surface area (Å²) < 4.78 is 0. The molecule has 5 aromatic rings. The van der Waals surface area contributed by atoms with Gasteiger partial charge >= 0.3 is 6.85 Å². The van der Waals surface area contributed by atoms with E-state index < -0.39 is 0 Å². The van der Waals surface area contributed by atoms with Gasteiger partial charge in [-0.1, -0.05) is 109 Å². The van der Waals surface area contributed by atoms with E-state index in [1.165, 1.54) is 66.5 Å². The van der Waals surface area contributed by atoms with E-state index >= 15 is 0 Å². The van der Waals surface area contributed by atoms with Gasteiger partial charge in [-0.15, -0.1) is 0 Å². The molecule has 0 saturated carbocycles. The van der Waals surface area contributed by atoms with E-state index in [0.717, 1.165) is 12.8 Å². The average Bonchev–Trinajstić information content (AvgIpc) is 2.92. The molecule has 1 aliphatic carbocycles. The van der Waals surface area contributed by atoms with Gasteiger partial charge in [0.2, 0.25) is 0 Å². The Hall–Kier alpha value is -4.04. The van der Waals surface area contributed by atoms with E-state index in [-0.39, 0.29) is 6.85 Å². The van der Waals surface area contributed by atoms with Gasteiger partial charge in [0, 0.05) is 33.5 Å². The fourth-order valence-electron chi connectivity index (χ4n) is 6.48. The first-order valence-corrected chi connectivity index (χ1v) is 12.2. The lowest BCUT2D eigenvalue weighted by atomic mass is 9.43. The normalized spacial score (nSPS) is 14.6. The van der Waals surface area contributed by atoms with Gasteiger partial charge in [-0.2, -0.15) is 0 Å². The van der Waals surface area contributed by atoms with Gasteiger partial charge in [0.1, 0.15) is 0 Å². The number of hydrogen-bond donors (Lipinski definition) is 0. The van der Waals surface area contributed by atoms with Crippen LogP contribution in [0.5, 0.6) is 0 Å². The quantitative estimate of drug-likeness (QED) is 0.247. The highest BCUT2D eigenvalue weighted by atomic mass is 15.1. The predicted octanol–water partition coefficient (Wildman–Crippen LogP) is 6.70. The Morgan fingerprint density at radius 2 is 1.26 bits per heavy atom. The first-order valence-electron chi connectivity index (χ1n) is 12.2. The second-order valence-corrected chi connectivity index (χ2v) is 9.61. The van der Waals surface area contributed by atoms with Crippen molar-refractivity contribution in [3.8, 4) is 22.3 Å². The number of rotatable bonds is 0. The summed E-state index contributed by atoms with van der Waals surface area (Å²) in [7, 11) is 0. The Bertz CT molecular complexity index is 1680. The fourth-order valence-corrected chi connectivity index (χ4v) is 6.48. The maximum atomic E-state index is 2.67. The highest BCUT2D eigenvalue weighted by Crippen LogP contribution is 2.51. The third kappa shape index (κ3) is 2.30. The van der Waals surface area contributed by atoms with Crippen LogP contribution in [0.1, 0.15) is 17.5 Å². The molecular formula is C32H22BN. The molecule has 1 nitrogen and oxygen atoms in total. The Labute approximate surface area is 200 Å². The van der Waals surface area contributed by atoms with E-state index in [1.54, 1.807) is 0 Å². The zero-order valence-electron chi connectivity index (χ0n) is 18.8. The third-order valence-electron chi connectivity index (χ3n) is 7.90. The summed E-state index contributed by atoms with van der Waals surface area (Å²) in [5.74, 6) is 0. The fraction of sp³-hybridized carbons (Fsp3) is 0.0625. The van der Waals surface area contributed by atoms with Crippen molar-refractivity contribution >= 4 is 46.0 Å². The molecular weight excluding hydrogens is 409 g/mol. The molecule has 0 N–H and O–H groups in total. The van der Waals surface area contributed by atoms with E-state index in [2.05, 4.69) is 114 Å². The Morgan fingerprint density at radius 3 is 2.09 bits per heavy atom. The summed E-state index contributed by atoms with van der Waals surface area (Å²) in [5, 5.41) is 2.61. The SMILES string of the molecule is C1=Cc2c(ccc3c2N2B(c4ccccc4-3)c3ccccc3-c3ccc4ccccc4c32)CC1. The molecule has 0 atom stereocenters. The molecule has 0 bridgehead atoms. The van der Waals surface area contributed by atoms with E-state index in [1.807, 2.05) is 0 Å². The van der Waals surface area contributed by atoms with Crippen LogP contribution in [0, 0.1) is 0 Å². The van der Waals surface area contributed by atoms with Crippen LogP contribution >= 0.6 is 0 Å². The van der Waals surface area contributed by atoms with Gasteiger partial charge in [-0.25, -0.2) is 0 Å². The van der Waals surface area contributed by atoms with Crippen molar-refractivity contribution in [3.63, 3.8) is 0 Å². The Balaban J connectivity index is 1.59. The third-order valence-corrected chi connectivity index (χ3v) is 7.90. The molecule has 0 radical (unpaired) electrons. The van der Waals surface area contributed by atoms with Crippen LogP contribution in [0.2, 0.25) is 0 Å². The number of hydrogen-bond acceptors (Lipinski definition) is 1. The van der Waals surface area contributed by atoms with Crippen molar-refractivity contribution in [3.05, 3.63) is 114 Å². The number of fused-ring (bicyclic) bond motifs is 15. The topological polar surface area (TPSA) is 3.24 Å². The Morgan fingerprint density at radius 1 is 0.588 bits per heavy atom. The zero-order valence-corrected chi connectivity index (χ0v) is 18.8. The molecule has 0 amide bonds. The second-order valence-electron chi connectivity index (χ2n) is 9.61. The highest BCUT2D eigenvalue weighted by molar-refractivity contribution is 6.92. The maximum Gasteiger partial charge on any atom is 0.329 e. The number of nitrogens with zero attached hydrogens (tertiary/aromatic N) is 1. The average molecular weight is 431 g/mol. The summed E-state index contributed by atoms with van der Waals surface area (Å²) in [6.45, 7) is 0.153. The lowest BCUT2D eigenvalue weighted by molar-refractivity contribution is 0.985. The highest BCUT2D eigenvalue weighted by Gasteiger charge is 2.43. The van der Waals surface area contributed by atoms with Crippen molar-refractivity contribution in [2.24, 2.45) is 0 Å². The van der Waals surface area contributed by atoms with Crippen molar-refractivity contribution in [2.45, 2.75) is 12.8 Å². The number of allylic oxidation sites excluding steroid dienone is 1. The summed E-state index contributed by atoms with van der Waals surface area (Å²) in [5.41, 5.74) is 13.7. The molecule has 5 aromatic carbocycles. The summed E-state index contributed by atoms with van der Waals surface area (Å²) in [4.78, 5) is 2.67. The summed E-state index contributed by atoms with van der Waals surface area (Å²) in [6.07, 6.45) is 6.94. The van der Waals surface area contributed by atoms with Crippen molar-refractivity contribution in [1.29, 1.82) is 0 Å². The molecule has 8 rings (SSSR count). The van der Waals surface area contributed by atoms with E-state index in [9.17, 15) is 0 Å². The zero-order chi connectivity index (χ0) is 22.2.